The monoisotopic (exact) mass is 204 g/mol. The number of fused-ring (bicyclic) bond motifs is 1. The first-order valence-electron chi connectivity index (χ1n) is 4.33. The molecule has 0 aliphatic heterocycles. The second kappa shape index (κ2) is 3.20. The Balaban J connectivity index is 2.85. The molecule has 15 heavy (non-hydrogen) atoms. The van der Waals surface area contributed by atoms with Crippen molar-refractivity contribution in [3.63, 3.8) is 0 Å². The van der Waals surface area contributed by atoms with Crippen LogP contribution in [0.1, 0.15) is 17.4 Å². The summed E-state index contributed by atoms with van der Waals surface area (Å²) in [4.78, 5) is 22.1. The predicted octanol–water partition coefficient (Wildman–Crippen LogP) is 1.76. The zero-order valence-corrected chi connectivity index (χ0v) is 7.97. The first kappa shape index (κ1) is 9.39. The molecule has 5 heteroatoms. The van der Waals surface area contributed by atoms with Gasteiger partial charge >= 0.3 is 6.09 Å². The predicted molar refractivity (Wildman–Crippen MR) is 53.2 cm³/mol. The lowest BCUT2D eigenvalue weighted by Gasteiger charge is -1.92. The number of nitrogens with zero attached hydrogens (tertiary/aromatic N) is 2. The first-order chi connectivity index (χ1) is 7.11. The fourth-order valence-corrected chi connectivity index (χ4v) is 1.47. The molecule has 5 nitrogen and oxygen atoms in total. The third-order valence-corrected chi connectivity index (χ3v) is 2.10. The summed E-state index contributed by atoms with van der Waals surface area (Å²) >= 11 is 0. The molecule has 2 rings (SSSR count). The maximum Gasteiger partial charge on any atom is 0.432 e. The van der Waals surface area contributed by atoms with Crippen LogP contribution in [0.5, 0.6) is 0 Å². The van der Waals surface area contributed by atoms with Gasteiger partial charge in [0.15, 0.2) is 5.78 Å². The van der Waals surface area contributed by atoms with E-state index in [4.69, 9.17) is 5.11 Å². The van der Waals surface area contributed by atoms with E-state index in [2.05, 4.69) is 5.10 Å². The van der Waals surface area contributed by atoms with Gasteiger partial charge in [0.05, 0.1) is 5.52 Å². The summed E-state index contributed by atoms with van der Waals surface area (Å²) in [6.07, 6.45) is -1.20. The van der Waals surface area contributed by atoms with Crippen LogP contribution in [0.3, 0.4) is 0 Å². The van der Waals surface area contributed by atoms with Gasteiger partial charge in [-0.25, -0.2) is 4.79 Å². The Morgan fingerprint density at radius 3 is 2.60 bits per heavy atom. The topological polar surface area (TPSA) is 72.2 Å². The second-order valence-electron chi connectivity index (χ2n) is 3.12. The molecule has 1 heterocycles. The molecule has 0 amide bonds. The molecule has 76 valence electrons. The fourth-order valence-electron chi connectivity index (χ4n) is 1.47. The van der Waals surface area contributed by atoms with Crippen LogP contribution < -0.4 is 0 Å². The molecule has 0 aliphatic rings. The van der Waals surface area contributed by atoms with Gasteiger partial charge in [0.25, 0.3) is 0 Å². The number of carbonyl (C=O) groups excluding carboxylic acids is 1. The number of hydrogen-bond donors (Lipinski definition) is 1. The highest BCUT2D eigenvalue weighted by molar-refractivity contribution is 6.06. The van der Waals surface area contributed by atoms with Gasteiger partial charge in [-0.3, -0.25) is 4.79 Å². The normalized spacial score (nSPS) is 10.5. The number of carbonyl (C=O) groups is 2. The van der Waals surface area contributed by atoms with Crippen molar-refractivity contribution in [1.82, 2.24) is 9.78 Å². The van der Waals surface area contributed by atoms with Gasteiger partial charge in [-0.15, -0.1) is 0 Å². The second-order valence-corrected chi connectivity index (χ2v) is 3.12. The van der Waals surface area contributed by atoms with Gasteiger partial charge in [-0.05, 0) is 6.07 Å². The van der Waals surface area contributed by atoms with Crippen molar-refractivity contribution in [1.29, 1.82) is 0 Å². The van der Waals surface area contributed by atoms with Crippen LogP contribution in [0.2, 0.25) is 0 Å². The van der Waals surface area contributed by atoms with E-state index in [1.807, 2.05) is 0 Å². The van der Waals surface area contributed by atoms with Gasteiger partial charge in [0.1, 0.15) is 5.69 Å². The third-order valence-electron chi connectivity index (χ3n) is 2.10. The Morgan fingerprint density at radius 2 is 2.00 bits per heavy atom. The molecule has 0 bridgehead atoms. The Morgan fingerprint density at radius 1 is 1.33 bits per heavy atom. The van der Waals surface area contributed by atoms with E-state index in [-0.39, 0.29) is 11.5 Å². The Bertz CT molecular complexity index is 509. The lowest BCUT2D eigenvalue weighted by Crippen LogP contribution is -2.10. The van der Waals surface area contributed by atoms with E-state index in [0.717, 1.165) is 4.68 Å². The number of rotatable bonds is 1. The zero-order chi connectivity index (χ0) is 11.0. The van der Waals surface area contributed by atoms with Crippen LogP contribution in [-0.4, -0.2) is 26.8 Å². The SMILES string of the molecule is CC(=O)c1nn(C(=O)O)c2ccccc12. The number of aromatic nitrogens is 2. The third kappa shape index (κ3) is 1.38. The van der Waals surface area contributed by atoms with Crippen molar-refractivity contribution in [3.8, 4) is 0 Å². The Kier molecular flexibility index (Phi) is 2.00. The van der Waals surface area contributed by atoms with Crippen molar-refractivity contribution in [2.24, 2.45) is 0 Å². The highest BCUT2D eigenvalue weighted by Gasteiger charge is 2.16. The molecule has 0 fully saturated rings. The van der Waals surface area contributed by atoms with Gasteiger partial charge in [0.2, 0.25) is 0 Å². The summed E-state index contributed by atoms with van der Waals surface area (Å²) in [6, 6.07) is 6.73. The van der Waals surface area contributed by atoms with Crippen molar-refractivity contribution in [2.75, 3.05) is 0 Å². The Labute approximate surface area is 84.9 Å². The van der Waals surface area contributed by atoms with Crippen LogP contribution in [0.4, 0.5) is 4.79 Å². The minimum atomic E-state index is -1.20. The molecule has 2 aromatic rings. The molecule has 0 atom stereocenters. The molecule has 0 unspecified atom stereocenters. The number of benzene rings is 1. The van der Waals surface area contributed by atoms with E-state index in [1.54, 1.807) is 24.3 Å². The summed E-state index contributed by atoms with van der Waals surface area (Å²) in [7, 11) is 0. The standard InChI is InChI=1S/C10H8N2O3/c1-6(13)9-7-4-2-3-5-8(7)12(11-9)10(14)15/h2-5H,1H3,(H,14,15). The van der Waals surface area contributed by atoms with Crippen molar-refractivity contribution >= 4 is 22.8 Å². The summed E-state index contributed by atoms with van der Waals surface area (Å²) < 4.78 is 0.812. The first-order valence-corrected chi connectivity index (χ1v) is 4.33. The highest BCUT2D eigenvalue weighted by Crippen LogP contribution is 2.18. The summed E-state index contributed by atoms with van der Waals surface area (Å²) in [5.74, 6) is -0.244. The minimum absolute atomic E-state index is 0.188. The fraction of sp³-hybridized carbons (Fsp3) is 0.100. The molecule has 0 spiro atoms. The smallest absolute Gasteiger partial charge is 0.432 e. The average molecular weight is 204 g/mol. The van der Waals surface area contributed by atoms with Gasteiger partial charge < -0.3 is 5.11 Å². The van der Waals surface area contributed by atoms with E-state index in [0.29, 0.717) is 10.9 Å². The average Bonchev–Trinajstić information content (AvgIpc) is 2.56. The lowest BCUT2D eigenvalue weighted by molar-refractivity contribution is 0.101. The highest BCUT2D eigenvalue weighted by atomic mass is 16.4. The van der Waals surface area contributed by atoms with Gasteiger partial charge in [0, 0.05) is 12.3 Å². The number of para-hydroxylation sites is 1. The van der Waals surface area contributed by atoms with Crippen molar-refractivity contribution in [3.05, 3.63) is 30.0 Å². The van der Waals surface area contributed by atoms with E-state index in [1.165, 1.54) is 6.92 Å². The van der Waals surface area contributed by atoms with Crippen LogP contribution >= 0.6 is 0 Å². The van der Waals surface area contributed by atoms with Gasteiger partial charge in [-0.2, -0.15) is 9.78 Å². The van der Waals surface area contributed by atoms with E-state index < -0.39 is 6.09 Å². The van der Waals surface area contributed by atoms with Crippen LogP contribution in [0, 0.1) is 0 Å². The van der Waals surface area contributed by atoms with E-state index >= 15 is 0 Å². The maximum atomic E-state index is 11.2. The number of carboxylic acid groups (broad SMARTS) is 1. The van der Waals surface area contributed by atoms with Crippen LogP contribution in [0.25, 0.3) is 10.9 Å². The molecule has 0 saturated heterocycles. The molecule has 0 aliphatic carbocycles. The largest absolute Gasteiger partial charge is 0.463 e. The molecule has 1 aromatic carbocycles. The van der Waals surface area contributed by atoms with Crippen molar-refractivity contribution in [2.45, 2.75) is 6.92 Å². The van der Waals surface area contributed by atoms with Gasteiger partial charge in [-0.1, -0.05) is 18.2 Å². The maximum absolute atomic E-state index is 11.2. The minimum Gasteiger partial charge on any atom is -0.463 e. The molecule has 0 radical (unpaired) electrons. The van der Waals surface area contributed by atoms with Crippen LogP contribution in [-0.2, 0) is 0 Å². The number of Topliss-reactive ketones (excluding diaryl/α,β-unsaturated/α-hetero) is 1. The summed E-state index contributed by atoms with van der Waals surface area (Å²) in [6.45, 7) is 1.36. The summed E-state index contributed by atoms with van der Waals surface area (Å²) in [5, 5.41) is 13.2. The molecule has 1 N–H and O–H groups in total. The molecule has 0 saturated carbocycles. The summed E-state index contributed by atoms with van der Waals surface area (Å²) in [5.41, 5.74) is 0.614. The van der Waals surface area contributed by atoms with Crippen LogP contribution in [0.15, 0.2) is 24.3 Å². The number of hydrogen-bond acceptors (Lipinski definition) is 3. The number of ketones is 1. The lowest BCUT2D eigenvalue weighted by atomic mass is 10.2. The molecular weight excluding hydrogens is 196 g/mol. The zero-order valence-electron chi connectivity index (χ0n) is 7.97. The van der Waals surface area contributed by atoms with E-state index in [9.17, 15) is 9.59 Å². The molecular formula is C10H8N2O3. The molecule has 1 aromatic heterocycles. The quantitative estimate of drug-likeness (QED) is 0.718. The Hall–Kier alpha value is -2.17. The van der Waals surface area contributed by atoms with Crippen molar-refractivity contribution < 1.29 is 14.7 Å².